The molecule has 0 unspecified atom stereocenters. The zero-order valence-corrected chi connectivity index (χ0v) is 20.8. The van der Waals surface area contributed by atoms with E-state index in [0.29, 0.717) is 34.8 Å². The number of nitrogens with one attached hydrogen (secondary N) is 3. The first kappa shape index (κ1) is 24.5. The number of amides is 1. The van der Waals surface area contributed by atoms with E-state index in [1.807, 2.05) is 31.2 Å². The summed E-state index contributed by atoms with van der Waals surface area (Å²) < 4.78 is 28.5. The van der Waals surface area contributed by atoms with Crippen LogP contribution in [0.2, 0.25) is 5.02 Å². The zero-order valence-electron chi connectivity index (χ0n) is 19.2. The highest BCUT2D eigenvalue weighted by atomic mass is 35.5. The van der Waals surface area contributed by atoms with E-state index in [4.69, 9.17) is 11.6 Å². The number of fused-ring (bicyclic) bond motifs is 1. The molecule has 0 atom stereocenters. The smallest absolute Gasteiger partial charge is 0.261 e. The number of halogens is 1. The van der Waals surface area contributed by atoms with Gasteiger partial charge in [0.15, 0.2) is 0 Å². The molecule has 9 heteroatoms. The van der Waals surface area contributed by atoms with Crippen molar-refractivity contribution in [3.8, 4) is 0 Å². The molecule has 1 amide bonds. The van der Waals surface area contributed by atoms with Crippen LogP contribution in [0.1, 0.15) is 27.0 Å². The molecule has 0 aliphatic heterocycles. The van der Waals surface area contributed by atoms with E-state index in [0.717, 1.165) is 11.1 Å². The minimum Gasteiger partial charge on any atom is -0.360 e. The lowest BCUT2D eigenvalue weighted by atomic mass is 10.1. The summed E-state index contributed by atoms with van der Waals surface area (Å²) in [7, 11) is -4.00. The molecule has 1 aromatic heterocycles. The van der Waals surface area contributed by atoms with Crippen molar-refractivity contribution in [3.05, 3.63) is 104 Å². The third kappa shape index (κ3) is 5.39. The third-order valence-electron chi connectivity index (χ3n) is 5.74. The third-order valence-corrected chi connectivity index (χ3v) is 7.51. The van der Waals surface area contributed by atoms with Gasteiger partial charge in [0.25, 0.3) is 15.9 Å². The van der Waals surface area contributed by atoms with Gasteiger partial charge in [0, 0.05) is 28.7 Å². The van der Waals surface area contributed by atoms with Crippen molar-refractivity contribution in [2.75, 3.05) is 11.3 Å². The lowest BCUT2D eigenvalue weighted by Crippen LogP contribution is -2.30. The molecule has 3 aromatic carbocycles. The number of sulfonamides is 1. The van der Waals surface area contributed by atoms with Gasteiger partial charge in [-0.1, -0.05) is 47.5 Å². The number of carbonyl (C=O) groups excluding carboxylic acids is 1. The van der Waals surface area contributed by atoms with E-state index in [1.54, 1.807) is 25.1 Å². The molecule has 0 spiro atoms. The van der Waals surface area contributed by atoms with Crippen LogP contribution in [0.25, 0.3) is 10.9 Å². The fourth-order valence-corrected chi connectivity index (χ4v) is 4.95. The highest BCUT2D eigenvalue weighted by Gasteiger charge is 2.19. The summed E-state index contributed by atoms with van der Waals surface area (Å²) in [6, 6.07) is 17.0. The Balaban J connectivity index is 1.57. The number of aromatic nitrogens is 1. The second kappa shape index (κ2) is 9.93. The van der Waals surface area contributed by atoms with Crippen molar-refractivity contribution in [3.63, 3.8) is 0 Å². The quantitative estimate of drug-likeness (QED) is 0.339. The van der Waals surface area contributed by atoms with Crippen LogP contribution in [0.5, 0.6) is 0 Å². The Morgan fingerprint density at radius 2 is 1.77 bits per heavy atom. The first-order valence-electron chi connectivity index (χ1n) is 10.9. The van der Waals surface area contributed by atoms with Crippen molar-refractivity contribution in [2.45, 2.75) is 25.2 Å². The van der Waals surface area contributed by atoms with E-state index in [-0.39, 0.29) is 15.8 Å². The first-order valence-corrected chi connectivity index (χ1v) is 12.8. The van der Waals surface area contributed by atoms with Gasteiger partial charge < -0.3 is 10.3 Å². The zero-order chi connectivity index (χ0) is 25.2. The fraction of sp³-hybridized carbons (Fsp3) is 0.154. The fourth-order valence-electron chi connectivity index (χ4n) is 3.63. The molecule has 4 aromatic rings. The topological polar surface area (TPSA) is 108 Å². The SMILES string of the molecule is Cc1ccc(CCNC(=O)c2c[nH]c3ccc(S(=O)(=O)Nc4cccc(Cl)c4C)cc3c2=O)cc1. The Morgan fingerprint density at radius 3 is 2.51 bits per heavy atom. The van der Waals surface area contributed by atoms with Crippen molar-refractivity contribution < 1.29 is 13.2 Å². The molecule has 180 valence electrons. The second-order valence-corrected chi connectivity index (χ2v) is 10.3. The minimum absolute atomic E-state index is 0.0883. The Bertz CT molecular complexity index is 1580. The summed E-state index contributed by atoms with van der Waals surface area (Å²) in [5.41, 5.74) is 2.93. The molecule has 0 aliphatic carbocycles. The molecule has 0 aliphatic rings. The van der Waals surface area contributed by atoms with E-state index in [1.165, 1.54) is 24.4 Å². The van der Waals surface area contributed by atoms with Crippen molar-refractivity contribution in [2.24, 2.45) is 0 Å². The number of carbonyl (C=O) groups is 1. The van der Waals surface area contributed by atoms with Gasteiger partial charge in [-0.2, -0.15) is 0 Å². The standard InChI is InChI=1S/C26H24ClN3O4S/c1-16-6-8-18(9-7-16)12-13-28-26(32)21-15-29-24-11-10-19(14-20(24)25(21)31)35(33,34)30-23-5-3-4-22(27)17(23)2/h3-11,14-15,30H,12-13H2,1-2H3,(H,28,32)(H,29,31). The summed E-state index contributed by atoms with van der Waals surface area (Å²) in [6.07, 6.45) is 1.96. The van der Waals surface area contributed by atoms with Crippen LogP contribution in [0.15, 0.2) is 76.6 Å². The second-order valence-electron chi connectivity index (χ2n) is 8.25. The summed E-state index contributed by atoms with van der Waals surface area (Å²) in [4.78, 5) is 28.5. The number of benzene rings is 3. The van der Waals surface area contributed by atoms with E-state index >= 15 is 0 Å². The summed E-state index contributed by atoms with van der Waals surface area (Å²) in [5.74, 6) is -0.527. The van der Waals surface area contributed by atoms with Crippen LogP contribution in [0.3, 0.4) is 0 Å². The Labute approximate surface area is 208 Å². The average Bonchev–Trinajstić information content (AvgIpc) is 2.83. The summed E-state index contributed by atoms with van der Waals surface area (Å²) >= 11 is 6.09. The van der Waals surface area contributed by atoms with E-state index in [2.05, 4.69) is 15.0 Å². The number of hydrogen-bond acceptors (Lipinski definition) is 4. The molecule has 0 saturated heterocycles. The first-order chi connectivity index (χ1) is 16.7. The van der Waals surface area contributed by atoms with E-state index in [9.17, 15) is 18.0 Å². The van der Waals surface area contributed by atoms with Crippen molar-refractivity contribution in [1.29, 1.82) is 0 Å². The largest absolute Gasteiger partial charge is 0.360 e. The molecule has 0 saturated carbocycles. The maximum Gasteiger partial charge on any atom is 0.261 e. The predicted octanol–water partition coefficient (Wildman–Crippen LogP) is 4.57. The molecule has 0 bridgehead atoms. The monoisotopic (exact) mass is 509 g/mol. The number of H-pyrrole nitrogens is 1. The number of rotatable bonds is 7. The highest BCUT2D eigenvalue weighted by Crippen LogP contribution is 2.26. The van der Waals surface area contributed by atoms with E-state index < -0.39 is 21.4 Å². The lowest BCUT2D eigenvalue weighted by Gasteiger charge is -2.12. The molecule has 3 N–H and O–H groups in total. The maximum absolute atomic E-state index is 13.1. The number of aromatic amines is 1. The van der Waals surface area contributed by atoms with Gasteiger partial charge in [0.1, 0.15) is 5.56 Å². The number of aryl methyl sites for hydroxylation is 1. The molecule has 1 heterocycles. The normalized spacial score (nSPS) is 11.4. The van der Waals surface area contributed by atoms with Gasteiger partial charge in [0.05, 0.1) is 10.6 Å². The van der Waals surface area contributed by atoms with Crippen LogP contribution in [-0.2, 0) is 16.4 Å². The number of pyridine rings is 1. The van der Waals surface area contributed by atoms with Crippen LogP contribution >= 0.6 is 11.6 Å². The molecule has 0 radical (unpaired) electrons. The van der Waals surface area contributed by atoms with Gasteiger partial charge in [0.2, 0.25) is 5.43 Å². The van der Waals surface area contributed by atoms with Gasteiger partial charge in [-0.15, -0.1) is 0 Å². The van der Waals surface area contributed by atoms with Crippen LogP contribution < -0.4 is 15.5 Å². The van der Waals surface area contributed by atoms with Crippen molar-refractivity contribution >= 4 is 44.1 Å². The minimum atomic E-state index is -4.00. The van der Waals surface area contributed by atoms with Crippen LogP contribution in [0.4, 0.5) is 5.69 Å². The van der Waals surface area contributed by atoms with Gasteiger partial charge in [-0.3, -0.25) is 14.3 Å². The van der Waals surface area contributed by atoms with Crippen LogP contribution in [-0.4, -0.2) is 25.9 Å². The molecule has 7 nitrogen and oxygen atoms in total. The van der Waals surface area contributed by atoms with Crippen molar-refractivity contribution in [1.82, 2.24) is 10.3 Å². The summed E-state index contributed by atoms with van der Waals surface area (Å²) in [6.45, 7) is 4.06. The molecule has 4 rings (SSSR count). The lowest BCUT2D eigenvalue weighted by molar-refractivity contribution is 0.0953. The molecular formula is C26H24ClN3O4S. The molecule has 35 heavy (non-hydrogen) atoms. The Hall–Kier alpha value is -3.62. The van der Waals surface area contributed by atoms with Crippen LogP contribution in [0, 0.1) is 13.8 Å². The predicted molar refractivity (Wildman–Crippen MR) is 139 cm³/mol. The highest BCUT2D eigenvalue weighted by molar-refractivity contribution is 7.92. The van der Waals surface area contributed by atoms with Gasteiger partial charge in [-0.05, 0) is 61.7 Å². The number of hydrogen-bond donors (Lipinski definition) is 3. The summed E-state index contributed by atoms with van der Waals surface area (Å²) in [5, 5.41) is 3.28. The Morgan fingerprint density at radius 1 is 1.03 bits per heavy atom. The molecular weight excluding hydrogens is 486 g/mol. The van der Waals surface area contributed by atoms with Gasteiger partial charge >= 0.3 is 0 Å². The average molecular weight is 510 g/mol. The number of anilines is 1. The molecule has 0 fully saturated rings. The maximum atomic E-state index is 13.1. The Kier molecular flexibility index (Phi) is 6.95. The van der Waals surface area contributed by atoms with Gasteiger partial charge in [-0.25, -0.2) is 8.42 Å².